The minimum absolute atomic E-state index is 0.0634. The van der Waals surface area contributed by atoms with Crippen LogP contribution >= 0.6 is 11.8 Å². The number of aliphatic hydroxyl groups is 1. The quantitative estimate of drug-likeness (QED) is 0.751. The van der Waals surface area contributed by atoms with Crippen molar-refractivity contribution in [1.29, 1.82) is 0 Å². The molecule has 1 amide bonds. The van der Waals surface area contributed by atoms with Crippen molar-refractivity contribution in [3.63, 3.8) is 0 Å². The van der Waals surface area contributed by atoms with Gasteiger partial charge in [-0.1, -0.05) is 13.8 Å². The van der Waals surface area contributed by atoms with Gasteiger partial charge < -0.3 is 10.4 Å². The van der Waals surface area contributed by atoms with Crippen LogP contribution in [0.15, 0.2) is 29.4 Å². The van der Waals surface area contributed by atoms with Gasteiger partial charge in [0, 0.05) is 23.8 Å². The summed E-state index contributed by atoms with van der Waals surface area (Å²) < 4.78 is 0. The summed E-state index contributed by atoms with van der Waals surface area (Å²) in [5.41, 5.74) is 0. The van der Waals surface area contributed by atoms with Gasteiger partial charge in [-0.15, -0.1) is 11.8 Å². The average Bonchev–Trinajstić information content (AvgIpc) is 2.34. The molecule has 17 heavy (non-hydrogen) atoms. The number of hydrogen-bond donors (Lipinski definition) is 2. The summed E-state index contributed by atoms with van der Waals surface area (Å²) in [6.45, 7) is 4.15. The SMILES string of the molecule is CC(C)C(O)CNC(=O)CSc1ccncc1. The highest BCUT2D eigenvalue weighted by molar-refractivity contribution is 8.00. The monoisotopic (exact) mass is 254 g/mol. The summed E-state index contributed by atoms with van der Waals surface area (Å²) in [4.78, 5) is 16.4. The number of carbonyl (C=O) groups excluding carboxylic acids is 1. The van der Waals surface area contributed by atoms with E-state index in [1.54, 1.807) is 12.4 Å². The number of pyridine rings is 1. The van der Waals surface area contributed by atoms with Gasteiger partial charge in [-0.05, 0) is 18.1 Å². The van der Waals surface area contributed by atoms with Gasteiger partial charge in [0.2, 0.25) is 5.91 Å². The van der Waals surface area contributed by atoms with Crippen molar-refractivity contribution in [1.82, 2.24) is 10.3 Å². The van der Waals surface area contributed by atoms with Crippen LogP contribution in [0.3, 0.4) is 0 Å². The van der Waals surface area contributed by atoms with E-state index in [0.29, 0.717) is 12.3 Å². The Bertz CT molecular complexity index is 344. The van der Waals surface area contributed by atoms with E-state index in [9.17, 15) is 9.90 Å². The molecule has 0 saturated heterocycles. The minimum atomic E-state index is -0.482. The number of aromatic nitrogens is 1. The van der Waals surface area contributed by atoms with Gasteiger partial charge in [0.1, 0.15) is 0 Å². The number of nitrogens with one attached hydrogen (secondary N) is 1. The van der Waals surface area contributed by atoms with Crippen LogP contribution in [-0.4, -0.2) is 34.4 Å². The van der Waals surface area contributed by atoms with Crippen LogP contribution in [0.5, 0.6) is 0 Å². The standard InChI is InChI=1S/C12H18N2O2S/c1-9(2)11(15)7-14-12(16)8-17-10-3-5-13-6-4-10/h3-6,9,11,15H,7-8H2,1-2H3,(H,14,16). The van der Waals surface area contributed by atoms with Crippen molar-refractivity contribution in [2.45, 2.75) is 24.8 Å². The van der Waals surface area contributed by atoms with Crippen LogP contribution in [0.2, 0.25) is 0 Å². The summed E-state index contributed by atoms with van der Waals surface area (Å²) in [5, 5.41) is 12.2. The third-order valence-electron chi connectivity index (χ3n) is 2.30. The van der Waals surface area contributed by atoms with E-state index in [-0.39, 0.29) is 11.8 Å². The highest BCUT2D eigenvalue weighted by Gasteiger charge is 2.10. The molecule has 2 N–H and O–H groups in total. The Kier molecular flexibility index (Phi) is 6.00. The van der Waals surface area contributed by atoms with Gasteiger partial charge >= 0.3 is 0 Å². The van der Waals surface area contributed by atoms with Crippen molar-refractivity contribution < 1.29 is 9.90 Å². The van der Waals surface area contributed by atoms with Crippen molar-refractivity contribution in [3.05, 3.63) is 24.5 Å². The molecule has 1 atom stereocenters. The number of carbonyl (C=O) groups is 1. The first kappa shape index (κ1) is 14.0. The van der Waals surface area contributed by atoms with E-state index < -0.39 is 6.10 Å². The largest absolute Gasteiger partial charge is 0.391 e. The van der Waals surface area contributed by atoms with E-state index in [1.807, 2.05) is 26.0 Å². The Morgan fingerprint density at radius 2 is 2.12 bits per heavy atom. The Morgan fingerprint density at radius 1 is 1.47 bits per heavy atom. The van der Waals surface area contributed by atoms with Crippen LogP contribution in [0.25, 0.3) is 0 Å². The van der Waals surface area contributed by atoms with Gasteiger partial charge in [0.15, 0.2) is 0 Å². The van der Waals surface area contributed by atoms with Crippen LogP contribution in [-0.2, 0) is 4.79 Å². The zero-order valence-electron chi connectivity index (χ0n) is 10.1. The molecule has 1 heterocycles. The molecular formula is C12H18N2O2S. The predicted molar refractivity (Wildman–Crippen MR) is 68.8 cm³/mol. The molecule has 1 aromatic rings. The van der Waals surface area contributed by atoms with Gasteiger partial charge in [-0.25, -0.2) is 0 Å². The number of nitrogens with zero attached hydrogens (tertiary/aromatic N) is 1. The van der Waals surface area contributed by atoms with Crippen LogP contribution in [0.1, 0.15) is 13.8 Å². The number of aliphatic hydroxyl groups excluding tert-OH is 1. The molecule has 0 radical (unpaired) electrons. The molecule has 0 fully saturated rings. The number of amides is 1. The van der Waals surface area contributed by atoms with Gasteiger partial charge in [0.05, 0.1) is 11.9 Å². The van der Waals surface area contributed by atoms with Crippen LogP contribution in [0, 0.1) is 5.92 Å². The van der Waals surface area contributed by atoms with E-state index >= 15 is 0 Å². The molecule has 94 valence electrons. The first-order valence-electron chi connectivity index (χ1n) is 5.57. The third-order valence-corrected chi connectivity index (χ3v) is 3.31. The number of rotatable bonds is 6. The second-order valence-corrected chi connectivity index (χ2v) is 5.14. The lowest BCUT2D eigenvalue weighted by atomic mass is 10.1. The summed E-state index contributed by atoms with van der Waals surface area (Å²) >= 11 is 1.45. The molecule has 1 rings (SSSR count). The number of thioether (sulfide) groups is 1. The second-order valence-electron chi connectivity index (χ2n) is 4.09. The topological polar surface area (TPSA) is 62.2 Å². The predicted octanol–water partition coefficient (Wildman–Crippen LogP) is 1.31. The number of hydrogen-bond acceptors (Lipinski definition) is 4. The molecule has 4 nitrogen and oxygen atoms in total. The van der Waals surface area contributed by atoms with Gasteiger partial charge in [0.25, 0.3) is 0 Å². The molecule has 0 saturated carbocycles. The zero-order chi connectivity index (χ0) is 12.7. The summed E-state index contributed by atoms with van der Waals surface area (Å²) in [5.74, 6) is 0.448. The maximum absolute atomic E-state index is 11.5. The minimum Gasteiger partial charge on any atom is -0.391 e. The lowest BCUT2D eigenvalue weighted by Crippen LogP contribution is -2.35. The molecule has 0 spiro atoms. The molecule has 0 aliphatic rings. The van der Waals surface area contributed by atoms with Crippen LogP contribution < -0.4 is 5.32 Å². The van der Waals surface area contributed by atoms with Crippen LogP contribution in [0.4, 0.5) is 0 Å². The molecule has 1 unspecified atom stereocenters. The molecular weight excluding hydrogens is 236 g/mol. The van der Waals surface area contributed by atoms with Gasteiger partial charge in [-0.2, -0.15) is 0 Å². The lowest BCUT2D eigenvalue weighted by molar-refractivity contribution is -0.119. The highest BCUT2D eigenvalue weighted by Crippen LogP contribution is 2.15. The lowest BCUT2D eigenvalue weighted by Gasteiger charge is -2.14. The average molecular weight is 254 g/mol. The van der Waals surface area contributed by atoms with Crippen molar-refractivity contribution in [2.24, 2.45) is 5.92 Å². The molecule has 0 aromatic carbocycles. The van der Waals surface area contributed by atoms with Crippen molar-refractivity contribution >= 4 is 17.7 Å². The van der Waals surface area contributed by atoms with E-state index in [2.05, 4.69) is 10.3 Å². The Balaban J connectivity index is 2.22. The van der Waals surface area contributed by atoms with Gasteiger partial charge in [-0.3, -0.25) is 9.78 Å². The molecule has 0 aliphatic heterocycles. The fourth-order valence-corrected chi connectivity index (χ4v) is 1.80. The zero-order valence-corrected chi connectivity index (χ0v) is 10.9. The third kappa shape index (κ3) is 5.70. The summed E-state index contributed by atoms with van der Waals surface area (Å²) in [6.07, 6.45) is 2.91. The first-order chi connectivity index (χ1) is 8.09. The summed E-state index contributed by atoms with van der Waals surface area (Å²) in [7, 11) is 0. The van der Waals surface area contributed by atoms with Crippen molar-refractivity contribution in [2.75, 3.05) is 12.3 Å². The first-order valence-corrected chi connectivity index (χ1v) is 6.55. The normalized spacial score (nSPS) is 12.5. The van der Waals surface area contributed by atoms with Crippen molar-refractivity contribution in [3.8, 4) is 0 Å². The Morgan fingerprint density at radius 3 is 2.71 bits per heavy atom. The Labute approximate surface area is 106 Å². The Hall–Kier alpha value is -1.07. The fraction of sp³-hybridized carbons (Fsp3) is 0.500. The maximum atomic E-state index is 11.5. The van der Waals surface area contributed by atoms with E-state index in [1.165, 1.54) is 11.8 Å². The second kappa shape index (κ2) is 7.29. The van der Waals surface area contributed by atoms with E-state index in [0.717, 1.165) is 4.90 Å². The summed E-state index contributed by atoms with van der Waals surface area (Å²) in [6, 6.07) is 3.72. The maximum Gasteiger partial charge on any atom is 0.230 e. The highest BCUT2D eigenvalue weighted by atomic mass is 32.2. The fourth-order valence-electron chi connectivity index (χ4n) is 1.09. The molecule has 0 bridgehead atoms. The molecule has 5 heteroatoms. The smallest absolute Gasteiger partial charge is 0.230 e. The molecule has 1 aromatic heterocycles. The molecule has 0 aliphatic carbocycles. The van der Waals surface area contributed by atoms with E-state index in [4.69, 9.17) is 0 Å².